The van der Waals surface area contributed by atoms with Crippen LogP contribution in [-0.4, -0.2) is 46.7 Å². The molecule has 3 aromatic carbocycles. The molecule has 2 unspecified atom stereocenters. The summed E-state index contributed by atoms with van der Waals surface area (Å²) >= 11 is 4.23. The number of carbonyl (C=O) groups excluding carboxylic acids is 3. The molecular weight excluding hydrogens is 512 g/mol. The Morgan fingerprint density at radius 2 is 1.72 bits per heavy atom. The molecule has 0 saturated carbocycles. The Balaban J connectivity index is 1.98. The number of fused-ring (bicyclic) bond motifs is 1. The summed E-state index contributed by atoms with van der Waals surface area (Å²) in [5, 5.41) is 16.9. The van der Waals surface area contributed by atoms with E-state index in [0.717, 1.165) is 15.7 Å². The lowest BCUT2D eigenvalue weighted by Crippen LogP contribution is -2.53. The van der Waals surface area contributed by atoms with Gasteiger partial charge in [0.2, 0.25) is 5.91 Å². The van der Waals surface area contributed by atoms with Crippen LogP contribution in [0.15, 0.2) is 66.7 Å². The molecule has 0 bridgehead atoms. The Bertz CT molecular complexity index is 1430. The number of alkyl carbamates (subject to hydrolysis) is 1. The molecule has 200 valence electrons. The van der Waals surface area contributed by atoms with Gasteiger partial charge in [0.25, 0.3) is 5.91 Å². The fourth-order valence-corrected chi connectivity index (χ4v) is 4.17. The van der Waals surface area contributed by atoms with E-state index in [1.54, 1.807) is 51.1 Å². The monoisotopic (exact) mass is 542 g/mol. The average molecular weight is 543 g/mol. The maximum atomic E-state index is 13.8. The highest BCUT2D eigenvalue weighted by molar-refractivity contribution is 7.80. The predicted octanol–water partition coefficient (Wildman–Crippen LogP) is 4.68. The summed E-state index contributed by atoms with van der Waals surface area (Å²) in [6.45, 7) is 4.66. The van der Waals surface area contributed by atoms with Gasteiger partial charge in [-0.05, 0) is 61.4 Å². The van der Waals surface area contributed by atoms with Gasteiger partial charge in [0.05, 0.1) is 6.07 Å². The van der Waals surface area contributed by atoms with Crippen molar-refractivity contribution in [2.45, 2.75) is 38.5 Å². The third kappa shape index (κ3) is 7.76. The van der Waals surface area contributed by atoms with Gasteiger partial charge in [-0.15, -0.1) is 6.42 Å². The molecule has 0 spiro atoms. The number of thiol groups is 1. The Labute approximate surface area is 233 Å². The van der Waals surface area contributed by atoms with Gasteiger partial charge in [-0.1, -0.05) is 48.4 Å². The molecule has 0 fully saturated rings. The number of nitrogens with zero attached hydrogens (tertiary/aromatic N) is 2. The van der Waals surface area contributed by atoms with E-state index in [2.05, 4.69) is 29.2 Å². The molecule has 3 rings (SSSR count). The average Bonchev–Trinajstić information content (AvgIpc) is 2.90. The molecule has 3 amide bonds. The first kappa shape index (κ1) is 29.1. The van der Waals surface area contributed by atoms with E-state index in [0.29, 0.717) is 16.8 Å². The van der Waals surface area contributed by atoms with Gasteiger partial charge in [-0.2, -0.15) is 17.9 Å². The van der Waals surface area contributed by atoms with E-state index >= 15 is 0 Å². The largest absolute Gasteiger partial charge is 0.444 e. The number of terminal acetylenes is 1. The summed E-state index contributed by atoms with van der Waals surface area (Å²) in [5.41, 5.74) is 0.754. The molecule has 0 aromatic heterocycles. The Morgan fingerprint density at radius 3 is 2.31 bits per heavy atom. The first-order valence-corrected chi connectivity index (χ1v) is 12.8. The van der Waals surface area contributed by atoms with Gasteiger partial charge in [-0.3, -0.25) is 9.59 Å². The second-order valence-electron chi connectivity index (χ2n) is 9.73. The molecule has 9 heteroatoms. The molecule has 0 aliphatic rings. The van der Waals surface area contributed by atoms with Crippen LogP contribution < -0.4 is 10.6 Å². The highest BCUT2D eigenvalue weighted by Gasteiger charge is 2.36. The van der Waals surface area contributed by atoms with Gasteiger partial charge < -0.3 is 20.3 Å². The number of rotatable bonds is 8. The van der Waals surface area contributed by atoms with Crippen LogP contribution >= 0.6 is 12.6 Å². The summed E-state index contributed by atoms with van der Waals surface area (Å²) in [6.07, 6.45) is 4.67. The summed E-state index contributed by atoms with van der Waals surface area (Å²) in [4.78, 5) is 41.0. The summed E-state index contributed by atoms with van der Waals surface area (Å²) in [5.74, 6) is 1.22. The highest BCUT2D eigenvalue weighted by atomic mass is 32.1. The number of nitrogens with one attached hydrogen (secondary N) is 2. The topological polar surface area (TPSA) is 112 Å². The van der Waals surface area contributed by atoms with Crippen molar-refractivity contribution in [1.82, 2.24) is 10.2 Å². The third-order valence-corrected chi connectivity index (χ3v) is 6.03. The third-order valence-electron chi connectivity index (χ3n) is 5.67. The number of carbonyl (C=O) groups is 3. The highest BCUT2D eigenvalue weighted by Crippen LogP contribution is 2.26. The van der Waals surface area contributed by atoms with Crippen LogP contribution in [0.2, 0.25) is 0 Å². The van der Waals surface area contributed by atoms with E-state index in [1.165, 1.54) is 0 Å². The quantitative estimate of drug-likeness (QED) is 0.218. The van der Waals surface area contributed by atoms with E-state index in [-0.39, 0.29) is 5.75 Å². The van der Waals surface area contributed by atoms with Gasteiger partial charge in [-0.25, -0.2) is 4.79 Å². The lowest BCUT2D eigenvalue weighted by atomic mass is 10.0. The van der Waals surface area contributed by atoms with E-state index < -0.39 is 42.1 Å². The van der Waals surface area contributed by atoms with Crippen molar-refractivity contribution in [3.05, 3.63) is 77.9 Å². The lowest BCUT2D eigenvalue weighted by molar-refractivity contribution is -0.139. The number of hydrogen-bond donors (Lipinski definition) is 3. The smallest absolute Gasteiger partial charge is 0.408 e. The van der Waals surface area contributed by atoms with Crippen LogP contribution in [0, 0.1) is 23.7 Å². The molecule has 2 N–H and O–H groups in total. The van der Waals surface area contributed by atoms with Crippen LogP contribution in [0.1, 0.15) is 37.9 Å². The minimum Gasteiger partial charge on any atom is -0.444 e. The second-order valence-corrected chi connectivity index (χ2v) is 10.1. The molecule has 0 heterocycles. The van der Waals surface area contributed by atoms with Crippen LogP contribution in [0.5, 0.6) is 0 Å². The van der Waals surface area contributed by atoms with Gasteiger partial charge in [0, 0.05) is 17.0 Å². The van der Waals surface area contributed by atoms with E-state index in [1.807, 2.05) is 42.5 Å². The molecule has 2 atom stereocenters. The molecule has 0 saturated heterocycles. The zero-order valence-corrected chi connectivity index (χ0v) is 22.9. The first-order valence-electron chi connectivity index (χ1n) is 12.2. The lowest BCUT2D eigenvalue weighted by Gasteiger charge is -2.32. The fourth-order valence-electron chi connectivity index (χ4n) is 3.92. The van der Waals surface area contributed by atoms with Crippen LogP contribution in [0.25, 0.3) is 10.8 Å². The first-order chi connectivity index (χ1) is 18.6. The Kier molecular flexibility index (Phi) is 9.59. The van der Waals surface area contributed by atoms with E-state index in [4.69, 9.17) is 11.2 Å². The van der Waals surface area contributed by atoms with Crippen LogP contribution in [0.3, 0.4) is 0 Å². The van der Waals surface area contributed by atoms with Gasteiger partial charge in [0.15, 0.2) is 0 Å². The van der Waals surface area contributed by atoms with Crippen LogP contribution in [0.4, 0.5) is 10.5 Å². The minimum atomic E-state index is -1.21. The Hall–Kier alpha value is -4.47. The van der Waals surface area contributed by atoms with E-state index in [9.17, 15) is 19.6 Å². The molecule has 39 heavy (non-hydrogen) atoms. The SMILES string of the molecule is C#Cc1ccc(C(C(=O)Nc2ccc3ccccc3c2)N(CC#N)C(=O)C(CS)NC(=O)OC(C)(C)C)cc1. The van der Waals surface area contributed by atoms with Crippen molar-refractivity contribution in [3.63, 3.8) is 0 Å². The number of amides is 3. The summed E-state index contributed by atoms with van der Waals surface area (Å²) < 4.78 is 5.27. The Morgan fingerprint density at radius 1 is 1.05 bits per heavy atom. The fraction of sp³-hybridized carbons (Fsp3) is 0.267. The van der Waals surface area contributed by atoms with Crippen molar-refractivity contribution in [3.8, 4) is 18.4 Å². The molecular formula is C30H30N4O4S. The van der Waals surface area contributed by atoms with Crippen molar-refractivity contribution < 1.29 is 19.1 Å². The number of nitriles is 1. The second kappa shape index (κ2) is 12.9. The van der Waals surface area contributed by atoms with Crippen LogP contribution in [-0.2, 0) is 14.3 Å². The number of benzene rings is 3. The van der Waals surface area contributed by atoms with Crippen molar-refractivity contribution in [2.24, 2.45) is 0 Å². The van der Waals surface area contributed by atoms with Crippen molar-refractivity contribution in [2.75, 3.05) is 17.6 Å². The zero-order chi connectivity index (χ0) is 28.6. The molecule has 0 radical (unpaired) electrons. The van der Waals surface area contributed by atoms with Gasteiger partial charge >= 0.3 is 6.09 Å². The van der Waals surface area contributed by atoms with Crippen molar-refractivity contribution in [1.29, 1.82) is 5.26 Å². The zero-order valence-electron chi connectivity index (χ0n) is 22.0. The number of anilines is 1. The van der Waals surface area contributed by atoms with Gasteiger partial charge in [0.1, 0.15) is 24.2 Å². The number of ether oxygens (including phenoxy) is 1. The minimum absolute atomic E-state index is 0.0882. The molecule has 0 aliphatic carbocycles. The standard InChI is InChI=1S/C30H30N4O4S/c1-5-20-10-12-22(13-11-20)26(27(35)32-24-15-14-21-8-6-7-9-23(21)18-24)34(17-16-31)28(36)25(19-39)33-29(37)38-30(2,3)4/h1,6-15,18,25-26,39H,17,19H2,2-4H3,(H,32,35)(H,33,37). The summed E-state index contributed by atoms with van der Waals surface area (Å²) in [7, 11) is 0. The van der Waals surface area contributed by atoms with Crippen molar-refractivity contribution >= 4 is 47.0 Å². The maximum Gasteiger partial charge on any atom is 0.408 e. The molecule has 0 aliphatic heterocycles. The maximum absolute atomic E-state index is 13.8. The molecule has 8 nitrogen and oxygen atoms in total. The number of hydrogen-bond acceptors (Lipinski definition) is 6. The summed E-state index contributed by atoms with van der Waals surface area (Å²) in [6, 6.07) is 19.3. The normalized spacial score (nSPS) is 12.4. The molecule has 3 aromatic rings. The predicted molar refractivity (Wildman–Crippen MR) is 154 cm³/mol.